The van der Waals surface area contributed by atoms with Gasteiger partial charge in [-0.3, -0.25) is 14.2 Å². The molecule has 0 radical (unpaired) electrons. The molecule has 7 heteroatoms. The lowest BCUT2D eigenvalue weighted by Crippen LogP contribution is -2.39. The second-order valence-corrected chi connectivity index (χ2v) is 7.47. The summed E-state index contributed by atoms with van der Waals surface area (Å²) >= 11 is 0. The minimum atomic E-state index is -0.124. The van der Waals surface area contributed by atoms with Crippen molar-refractivity contribution in [3.63, 3.8) is 0 Å². The number of fused-ring (bicyclic) bond motifs is 1. The van der Waals surface area contributed by atoms with E-state index in [2.05, 4.69) is 10.4 Å². The molecule has 1 amide bonds. The maximum atomic E-state index is 13.0. The first-order valence-electron chi connectivity index (χ1n) is 9.48. The van der Waals surface area contributed by atoms with E-state index in [9.17, 15) is 9.59 Å². The van der Waals surface area contributed by atoms with Crippen molar-refractivity contribution in [3.8, 4) is 5.95 Å². The Morgan fingerprint density at radius 3 is 2.69 bits per heavy atom. The molecule has 0 aliphatic heterocycles. The maximum Gasteiger partial charge on any atom is 0.258 e. The van der Waals surface area contributed by atoms with Crippen LogP contribution in [0.2, 0.25) is 0 Å². The predicted molar refractivity (Wildman–Crippen MR) is 97.5 cm³/mol. The average molecular weight is 355 g/mol. The number of hydrogen-bond acceptors (Lipinski definition) is 4. The van der Waals surface area contributed by atoms with Crippen LogP contribution in [0.4, 0.5) is 0 Å². The fraction of sp³-hybridized carbons (Fsp3) is 0.579. The highest BCUT2D eigenvalue weighted by Gasteiger charge is 2.25. The zero-order chi connectivity index (χ0) is 18.3. The summed E-state index contributed by atoms with van der Waals surface area (Å²) in [5, 5.41) is 7.55. The van der Waals surface area contributed by atoms with Crippen molar-refractivity contribution in [1.82, 2.24) is 24.6 Å². The van der Waals surface area contributed by atoms with Crippen LogP contribution in [0.5, 0.6) is 0 Å². The van der Waals surface area contributed by atoms with Gasteiger partial charge in [0.15, 0.2) is 0 Å². The molecule has 2 aromatic heterocycles. The van der Waals surface area contributed by atoms with Crippen LogP contribution >= 0.6 is 0 Å². The van der Waals surface area contributed by atoms with Crippen LogP contribution in [-0.4, -0.2) is 31.3 Å². The van der Waals surface area contributed by atoms with Gasteiger partial charge in [-0.2, -0.15) is 5.10 Å². The van der Waals surface area contributed by atoms with Crippen LogP contribution in [0.25, 0.3) is 5.95 Å². The number of nitrogens with one attached hydrogen (secondary N) is 1. The SMILES string of the molecule is Cc1cc(C)n(-c2nc3c(c(=O)n2CC(=O)NC2CCCC2)CCC3)n1. The second-order valence-electron chi connectivity index (χ2n) is 7.47. The number of carbonyl (C=O) groups excluding carboxylic acids is 1. The topological polar surface area (TPSA) is 81.8 Å². The smallest absolute Gasteiger partial charge is 0.258 e. The van der Waals surface area contributed by atoms with Crippen molar-refractivity contribution in [3.05, 3.63) is 39.1 Å². The van der Waals surface area contributed by atoms with Crippen LogP contribution < -0.4 is 10.9 Å². The lowest BCUT2D eigenvalue weighted by molar-refractivity contribution is -0.122. The third-order valence-corrected chi connectivity index (χ3v) is 5.39. The molecule has 1 saturated carbocycles. The van der Waals surface area contributed by atoms with Crippen molar-refractivity contribution in [1.29, 1.82) is 0 Å². The molecular formula is C19H25N5O2. The molecule has 2 aromatic rings. The number of rotatable bonds is 4. The summed E-state index contributed by atoms with van der Waals surface area (Å²) in [4.78, 5) is 30.3. The van der Waals surface area contributed by atoms with E-state index in [0.717, 1.165) is 67.6 Å². The summed E-state index contributed by atoms with van der Waals surface area (Å²) < 4.78 is 3.17. The largest absolute Gasteiger partial charge is 0.352 e. The number of nitrogens with zero attached hydrogens (tertiary/aromatic N) is 4. The Balaban J connectivity index is 1.73. The highest BCUT2D eigenvalue weighted by molar-refractivity contribution is 5.76. The molecule has 0 bridgehead atoms. The van der Waals surface area contributed by atoms with Crippen LogP contribution in [0, 0.1) is 13.8 Å². The Bertz CT molecular complexity index is 905. The molecule has 0 atom stereocenters. The van der Waals surface area contributed by atoms with E-state index in [0.29, 0.717) is 5.95 Å². The zero-order valence-electron chi connectivity index (χ0n) is 15.4. The lowest BCUT2D eigenvalue weighted by atomic mass is 10.2. The zero-order valence-corrected chi connectivity index (χ0v) is 15.4. The molecule has 1 fully saturated rings. The molecule has 0 saturated heterocycles. The molecule has 0 unspecified atom stereocenters. The number of aryl methyl sites for hydroxylation is 3. The number of hydrogen-bond donors (Lipinski definition) is 1. The van der Waals surface area contributed by atoms with Crippen LogP contribution in [0.15, 0.2) is 10.9 Å². The molecule has 2 heterocycles. The Hall–Kier alpha value is -2.44. The number of amides is 1. The fourth-order valence-corrected chi connectivity index (χ4v) is 4.14. The first-order valence-corrected chi connectivity index (χ1v) is 9.48. The van der Waals surface area contributed by atoms with Gasteiger partial charge in [0.05, 0.1) is 11.4 Å². The molecule has 0 spiro atoms. The van der Waals surface area contributed by atoms with Crippen LogP contribution in [0.1, 0.15) is 54.7 Å². The monoisotopic (exact) mass is 355 g/mol. The molecule has 26 heavy (non-hydrogen) atoms. The van der Waals surface area contributed by atoms with Crippen LogP contribution in [-0.2, 0) is 24.2 Å². The standard InChI is InChI=1S/C19H25N5O2/c1-12-10-13(2)24(22-12)19-21-16-9-5-8-15(16)18(26)23(19)11-17(25)20-14-6-3-4-7-14/h10,14H,3-9,11H2,1-2H3,(H,20,25). The van der Waals surface area contributed by atoms with Gasteiger partial charge in [-0.15, -0.1) is 0 Å². The highest BCUT2D eigenvalue weighted by atomic mass is 16.2. The minimum Gasteiger partial charge on any atom is -0.352 e. The molecule has 2 aliphatic rings. The summed E-state index contributed by atoms with van der Waals surface area (Å²) in [6.07, 6.45) is 6.84. The summed E-state index contributed by atoms with van der Waals surface area (Å²) in [6.45, 7) is 3.83. The van der Waals surface area contributed by atoms with E-state index in [1.807, 2.05) is 19.9 Å². The molecule has 138 valence electrons. The first kappa shape index (κ1) is 17.0. The van der Waals surface area contributed by atoms with Gasteiger partial charge in [0.2, 0.25) is 11.9 Å². The molecule has 1 N–H and O–H groups in total. The van der Waals surface area contributed by atoms with Gasteiger partial charge in [0, 0.05) is 17.3 Å². The minimum absolute atomic E-state index is 0.0106. The van der Waals surface area contributed by atoms with E-state index in [-0.39, 0.29) is 24.1 Å². The van der Waals surface area contributed by atoms with Gasteiger partial charge in [-0.25, -0.2) is 9.67 Å². The van der Waals surface area contributed by atoms with E-state index in [1.54, 1.807) is 4.68 Å². The number of carbonyl (C=O) groups is 1. The van der Waals surface area contributed by atoms with Crippen molar-refractivity contribution in [2.45, 2.75) is 71.4 Å². The maximum absolute atomic E-state index is 13.0. The van der Waals surface area contributed by atoms with Crippen molar-refractivity contribution >= 4 is 5.91 Å². The Kier molecular flexibility index (Phi) is 4.38. The lowest BCUT2D eigenvalue weighted by Gasteiger charge is -2.17. The van der Waals surface area contributed by atoms with Crippen LogP contribution in [0.3, 0.4) is 0 Å². The van der Waals surface area contributed by atoms with E-state index in [4.69, 9.17) is 4.98 Å². The van der Waals surface area contributed by atoms with Gasteiger partial charge in [-0.05, 0) is 52.0 Å². The molecule has 0 aromatic carbocycles. The van der Waals surface area contributed by atoms with Gasteiger partial charge in [-0.1, -0.05) is 12.8 Å². The van der Waals surface area contributed by atoms with Crippen molar-refractivity contribution < 1.29 is 4.79 Å². The quantitative estimate of drug-likeness (QED) is 0.903. The summed E-state index contributed by atoms with van der Waals surface area (Å²) in [5.41, 5.74) is 3.27. The summed E-state index contributed by atoms with van der Waals surface area (Å²) in [5.74, 6) is 0.323. The van der Waals surface area contributed by atoms with Gasteiger partial charge >= 0.3 is 0 Å². The van der Waals surface area contributed by atoms with Crippen molar-refractivity contribution in [2.75, 3.05) is 0 Å². The Morgan fingerprint density at radius 1 is 1.23 bits per heavy atom. The van der Waals surface area contributed by atoms with Gasteiger partial charge in [0.1, 0.15) is 6.54 Å². The second kappa shape index (κ2) is 6.70. The first-order chi connectivity index (χ1) is 12.5. The van der Waals surface area contributed by atoms with E-state index >= 15 is 0 Å². The van der Waals surface area contributed by atoms with E-state index < -0.39 is 0 Å². The Labute approximate surface area is 152 Å². The fourth-order valence-electron chi connectivity index (χ4n) is 4.14. The normalized spacial score (nSPS) is 16.8. The highest BCUT2D eigenvalue weighted by Crippen LogP contribution is 2.20. The molecule has 2 aliphatic carbocycles. The average Bonchev–Trinajstić information content (AvgIpc) is 3.31. The van der Waals surface area contributed by atoms with Crippen molar-refractivity contribution in [2.24, 2.45) is 0 Å². The summed E-state index contributed by atoms with van der Waals surface area (Å²) in [7, 11) is 0. The summed E-state index contributed by atoms with van der Waals surface area (Å²) in [6, 6.07) is 2.18. The van der Waals surface area contributed by atoms with Gasteiger partial charge in [0.25, 0.3) is 5.56 Å². The number of aromatic nitrogens is 4. The molecule has 4 rings (SSSR count). The third-order valence-electron chi connectivity index (χ3n) is 5.39. The third kappa shape index (κ3) is 3.06. The van der Waals surface area contributed by atoms with E-state index in [1.165, 1.54) is 4.57 Å². The Morgan fingerprint density at radius 2 is 2.00 bits per heavy atom. The predicted octanol–water partition coefficient (Wildman–Crippen LogP) is 1.59. The molecular weight excluding hydrogens is 330 g/mol. The molecule has 7 nitrogen and oxygen atoms in total. The van der Waals surface area contributed by atoms with Gasteiger partial charge < -0.3 is 5.32 Å².